The lowest BCUT2D eigenvalue weighted by molar-refractivity contribution is -0.122. The molecule has 2 aromatic rings. The van der Waals surface area contributed by atoms with E-state index in [2.05, 4.69) is 41.8 Å². The number of hydrogen-bond acceptors (Lipinski definition) is 6. The predicted octanol–water partition coefficient (Wildman–Crippen LogP) is 6.16. The minimum Gasteiger partial charge on any atom is -0.496 e. The number of methoxy groups -OCH3 is 1. The largest absolute Gasteiger partial charge is 0.496 e. The average Bonchev–Trinajstić information content (AvgIpc) is 3.19. The number of carbonyl (C=O) groups excluding carboxylic acids is 1. The molecule has 0 spiro atoms. The van der Waals surface area contributed by atoms with Crippen LogP contribution in [0.4, 0.5) is 17.1 Å². The molecule has 2 aromatic carbocycles. The number of nitrogens with zero attached hydrogens (tertiary/aromatic N) is 4. The third-order valence-electron chi connectivity index (χ3n) is 6.63. The van der Waals surface area contributed by atoms with E-state index in [1.807, 2.05) is 37.3 Å². The third-order valence-corrected chi connectivity index (χ3v) is 7.64. The van der Waals surface area contributed by atoms with Crippen molar-refractivity contribution in [3.8, 4) is 5.75 Å². The standard InChI is InChI=1S/C28H36N4O2S/c1-5-30(6-2)24-14-11-21(25(20-24)34-4)19-26-27(33)32(7-3)28(35-26)29-22-12-15-23(16-13-22)31-17-9-8-10-18-31/h11-16,19-20H,5-10,17-18H2,1-4H3/b26-19-,29-28?. The summed E-state index contributed by atoms with van der Waals surface area (Å²) in [7, 11) is 1.67. The summed E-state index contributed by atoms with van der Waals surface area (Å²) in [4.78, 5) is 25.1. The Morgan fingerprint density at radius 2 is 1.74 bits per heavy atom. The minimum absolute atomic E-state index is 0.0175. The van der Waals surface area contributed by atoms with Crippen LogP contribution in [-0.4, -0.2) is 55.8 Å². The quantitative estimate of drug-likeness (QED) is 0.413. The number of carbonyl (C=O) groups is 1. The van der Waals surface area contributed by atoms with Crippen molar-refractivity contribution in [1.29, 1.82) is 0 Å². The summed E-state index contributed by atoms with van der Waals surface area (Å²) < 4.78 is 5.67. The fourth-order valence-electron chi connectivity index (χ4n) is 4.62. The third kappa shape index (κ3) is 5.67. The number of thioether (sulfide) groups is 1. The monoisotopic (exact) mass is 492 g/mol. The van der Waals surface area contributed by atoms with Gasteiger partial charge in [-0.25, -0.2) is 4.99 Å². The highest BCUT2D eigenvalue weighted by Gasteiger charge is 2.32. The lowest BCUT2D eigenvalue weighted by atomic mass is 10.1. The maximum atomic E-state index is 13.2. The maximum Gasteiger partial charge on any atom is 0.266 e. The number of benzene rings is 2. The molecule has 2 heterocycles. The molecule has 0 saturated carbocycles. The highest BCUT2D eigenvalue weighted by molar-refractivity contribution is 8.18. The van der Waals surface area contributed by atoms with E-state index in [0.717, 1.165) is 48.9 Å². The molecule has 0 N–H and O–H groups in total. The van der Waals surface area contributed by atoms with Crippen LogP contribution in [0.15, 0.2) is 52.4 Å². The highest BCUT2D eigenvalue weighted by Crippen LogP contribution is 2.36. The number of rotatable bonds is 8. The van der Waals surface area contributed by atoms with E-state index in [4.69, 9.17) is 9.73 Å². The number of likely N-dealkylation sites (N-methyl/N-ethyl adjacent to an activating group) is 1. The first-order chi connectivity index (χ1) is 17.1. The van der Waals surface area contributed by atoms with E-state index in [1.165, 1.54) is 36.7 Å². The molecule has 7 heteroatoms. The first kappa shape index (κ1) is 25.2. The first-order valence-corrected chi connectivity index (χ1v) is 13.5. The van der Waals surface area contributed by atoms with Crippen LogP contribution in [0.5, 0.6) is 5.75 Å². The van der Waals surface area contributed by atoms with Crippen molar-refractivity contribution in [2.75, 3.05) is 49.6 Å². The first-order valence-electron chi connectivity index (χ1n) is 12.7. The van der Waals surface area contributed by atoms with Gasteiger partial charge in [0.2, 0.25) is 0 Å². The van der Waals surface area contributed by atoms with Gasteiger partial charge >= 0.3 is 0 Å². The van der Waals surface area contributed by atoms with Gasteiger partial charge in [-0.1, -0.05) is 0 Å². The second-order valence-corrected chi connectivity index (χ2v) is 9.73. The van der Waals surface area contributed by atoms with E-state index < -0.39 is 0 Å². The van der Waals surface area contributed by atoms with Crippen LogP contribution >= 0.6 is 11.8 Å². The second-order valence-electron chi connectivity index (χ2n) is 8.72. The Morgan fingerprint density at radius 1 is 1.03 bits per heavy atom. The topological polar surface area (TPSA) is 48.4 Å². The zero-order chi connectivity index (χ0) is 24.8. The molecule has 4 rings (SSSR count). The number of anilines is 2. The summed E-state index contributed by atoms with van der Waals surface area (Å²) in [6.45, 7) is 10.9. The minimum atomic E-state index is -0.0175. The van der Waals surface area contributed by atoms with E-state index in [0.29, 0.717) is 16.6 Å². The zero-order valence-corrected chi connectivity index (χ0v) is 22.1. The Balaban J connectivity index is 1.56. The summed E-state index contributed by atoms with van der Waals surface area (Å²) in [6, 6.07) is 14.5. The molecule has 2 saturated heterocycles. The number of ether oxygens (including phenoxy) is 1. The van der Waals surface area contributed by atoms with E-state index >= 15 is 0 Å². The Kier molecular flexibility index (Phi) is 8.39. The molecule has 35 heavy (non-hydrogen) atoms. The molecule has 2 aliphatic rings. The van der Waals surface area contributed by atoms with E-state index in [-0.39, 0.29) is 5.91 Å². The highest BCUT2D eigenvalue weighted by atomic mass is 32.2. The van der Waals surface area contributed by atoms with Crippen molar-refractivity contribution in [3.63, 3.8) is 0 Å². The van der Waals surface area contributed by atoms with Crippen molar-refractivity contribution >= 4 is 46.0 Å². The second kappa shape index (κ2) is 11.7. The normalized spacial score (nSPS) is 18.6. The fourth-order valence-corrected chi connectivity index (χ4v) is 5.67. The predicted molar refractivity (Wildman–Crippen MR) is 149 cm³/mol. The van der Waals surface area contributed by atoms with Crippen molar-refractivity contribution in [2.45, 2.75) is 40.0 Å². The lowest BCUT2D eigenvalue weighted by Crippen LogP contribution is -2.29. The average molecular weight is 493 g/mol. The van der Waals surface area contributed by atoms with E-state index in [9.17, 15) is 4.79 Å². The molecule has 0 aromatic heterocycles. The molecule has 2 fully saturated rings. The smallest absolute Gasteiger partial charge is 0.266 e. The SMILES string of the molecule is CCN1C(=O)/C(=C/c2ccc(N(CC)CC)cc2OC)SC1=Nc1ccc(N2CCCCC2)cc1. The fraction of sp³-hybridized carbons (Fsp3) is 0.429. The summed E-state index contributed by atoms with van der Waals surface area (Å²) in [5.41, 5.74) is 4.12. The summed E-state index contributed by atoms with van der Waals surface area (Å²) in [6.07, 6.45) is 5.75. The molecule has 0 unspecified atom stereocenters. The number of amidine groups is 1. The van der Waals surface area contributed by atoms with Crippen LogP contribution in [0.25, 0.3) is 6.08 Å². The van der Waals surface area contributed by atoms with Gasteiger partial charge in [0.25, 0.3) is 5.91 Å². The van der Waals surface area contributed by atoms with Gasteiger partial charge in [0.1, 0.15) is 5.75 Å². The van der Waals surface area contributed by atoms with Crippen LogP contribution in [-0.2, 0) is 4.79 Å². The van der Waals surface area contributed by atoms with Crippen molar-refractivity contribution < 1.29 is 9.53 Å². The Hall–Kier alpha value is -2.93. The van der Waals surface area contributed by atoms with Gasteiger partial charge in [0.05, 0.1) is 17.7 Å². The Morgan fingerprint density at radius 3 is 2.37 bits per heavy atom. The molecule has 6 nitrogen and oxygen atoms in total. The van der Waals surface area contributed by atoms with Gasteiger partial charge in [-0.3, -0.25) is 9.69 Å². The van der Waals surface area contributed by atoms with E-state index in [1.54, 1.807) is 12.0 Å². The van der Waals surface area contributed by atoms with Crippen LogP contribution < -0.4 is 14.5 Å². The van der Waals surface area contributed by atoms with Crippen molar-refractivity contribution in [1.82, 2.24) is 4.90 Å². The molecular weight excluding hydrogens is 456 g/mol. The van der Waals surface area contributed by atoms with Crippen LogP contribution in [0, 0.1) is 0 Å². The van der Waals surface area contributed by atoms with Crippen LogP contribution in [0.1, 0.15) is 45.6 Å². The lowest BCUT2D eigenvalue weighted by Gasteiger charge is -2.28. The molecule has 0 aliphatic carbocycles. The van der Waals surface area contributed by atoms with Gasteiger partial charge < -0.3 is 14.5 Å². The number of piperidine rings is 1. The summed E-state index contributed by atoms with van der Waals surface area (Å²) in [5, 5.41) is 0.716. The van der Waals surface area contributed by atoms with Gasteiger partial charge in [-0.15, -0.1) is 0 Å². The molecular formula is C28H36N4O2S. The number of aliphatic imine (C=N–C) groups is 1. The van der Waals surface area contributed by atoms with Gasteiger partial charge in [-0.05, 0) is 94.3 Å². The Bertz CT molecular complexity index is 1090. The summed E-state index contributed by atoms with van der Waals surface area (Å²) in [5.74, 6) is 0.744. The van der Waals surface area contributed by atoms with Crippen molar-refractivity contribution in [2.24, 2.45) is 4.99 Å². The molecule has 2 aliphatic heterocycles. The molecule has 0 atom stereocenters. The van der Waals surface area contributed by atoms with Gasteiger partial charge in [0, 0.05) is 55.7 Å². The molecule has 0 bridgehead atoms. The van der Waals surface area contributed by atoms with Gasteiger partial charge in [-0.2, -0.15) is 0 Å². The van der Waals surface area contributed by atoms with Crippen molar-refractivity contribution in [3.05, 3.63) is 52.9 Å². The summed E-state index contributed by atoms with van der Waals surface area (Å²) >= 11 is 1.42. The maximum absolute atomic E-state index is 13.2. The Labute approximate surface area is 213 Å². The van der Waals surface area contributed by atoms with Gasteiger partial charge in [0.15, 0.2) is 5.17 Å². The number of amides is 1. The van der Waals surface area contributed by atoms with Crippen LogP contribution in [0.2, 0.25) is 0 Å². The molecule has 0 radical (unpaired) electrons. The molecule has 1 amide bonds. The van der Waals surface area contributed by atoms with Crippen LogP contribution in [0.3, 0.4) is 0 Å². The molecule has 186 valence electrons. The zero-order valence-electron chi connectivity index (χ0n) is 21.3. The number of hydrogen-bond donors (Lipinski definition) is 0.